The van der Waals surface area contributed by atoms with Crippen LogP contribution < -0.4 is 10.6 Å². The van der Waals surface area contributed by atoms with Crippen molar-refractivity contribution in [2.45, 2.75) is 31.2 Å². The van der Waals surface area contributed by atoms with Crippen molar-refractivity contribution in [3.05, 3.63) is 77.8 Å². The summed E-state index contributed by atoms with van der Waals surface area (Å²) in [5.74, 6) is 1.71. The van der Waals surface area contributed by atoms with Gasteiger partial charge in [0, 0.05) is 61.4 Å². The highest BCUT2D eigenvalue weighted by Crippen LogP contribution is 2.39. The number of aryl methyl sites for hydroxylation is 1. The van der Waals surface area contributed by atoms with Crippen LogP contribution in [0.2, 0.25) is 0 Å². The number of carbonyl (C=O) groups excluding carboxylic acids is 1. The molecule has 1 atom stereocenters. The van der Waals surface area contributed by atoms with E-state index in [-0.39, 0.29) is 11.9 Å². The quantitative estimate of drug-likeness (QED) is 0.267. The van der Waals surface area contributed by atoms with Crippen LogP contribution >= 0.6 is 0 Å². The second-order valence-electron chi connectivity index (χ2n) is 9.22. The van der Waals surface area contributed by atoms with E-state index in [1.807, 2.05) is 50.8 Å². The predicted octanol–water partition coefficient (Wildman–Crippen LogP) is 3.71. The molecule has 1 saturated carbocycles. The molecule has 4 N–H and O–H groups in total. The van der Waals surface area contributed by atoms with Gasteiger partial charge in [0.05, 0.1) is 23.6 Å². The zero-order chi connectivity index (χ0) is 24.6. The van der Waals surface area contributed by atoms with E-state index in [1.54, 1.807) is 16.9 Å². The molecule has 1 aromatic carbocycles. The average molecular weight is 482 g/mol. The van der Waals surface area contributed by atoms with Gasteiger partial charge in [0.2, 0.25) is 0 Å². The van der Waals surface area contributed by atoms with Gasteiger partial charge >= 0.3 is 0 Å². The van der Waals surface area contributed by atoms with Crippen LogP contribution in [0.4, 0.5) is 5.82 Å². The average Bonchev–Trinajstić information content (AvgIpc) is 3.26. The molecule has 0 unspecified atom stereocenters. The van der Waals surface area contributed by atoms with Crippen LogP contribution in [-0.4, -0.2) is 47.9 Å². The summed E-state index contributed by atoms with van der Waals surface area (Å²) in [5.41, 5.74) is 4.83. The summed E-state index contributed by atoms with van der Waals surface area (Å²) in [6.45, 7) is 0. The first-order valence-corrected chi connectivity index (χ1v) is 12.0. The molecule has 0 saturated heterocycles. The maximum atomic E-state index is 13.4. The van der Waals surface area contributed by atoms with E-state index in [4.69, 9.17) is 4.98 Å². The van der Waals surface area contributed by atoms with E-state index in [2.05, 4.69) is 42.0 Å². The fraction of sp³-hybridized carbons (Fsp3) is 0.269. The SMILES string of the molecule is CNc1cc([C@@H](Cc2c[nH]c3ccccc23)NC(=O)c2cc(-c3cnn(C)c3)n[nH]2)nc(C2CC2)n1. The van der Waals surface area contributed by atoms with E-state index in [1.165, 1.54) is 0 Å². The molecule has 5 aromatic rings. The lowest BCUT2D eigenvalue weighted by Gasteiger charge is -2.19. The Bertz CT molecular complexity index is 1540. The van der Waals surface area contributed by atoms with Crippen LogP contribution in [0.3, 0.4) is 0 Å². The zero-order valence-corrected chi connectivity index (χ0v) is 20.1. The van der Waals surface area contributed by atoms with Crippen molar-refractivity contribution in [1.29, 1.82) is 0 Å². The molecule has 1 aliphatic carbocycles. The summed E-state index contributed by atoms with van der Waals surface area (Å²) in [4.78, 5) is 26.3. The lowest BCUT2D eigenvalue weighted by atomic mass is 10.0. The molecule has 1 fully saturated rings. The van der Waals surface area contributed by atoms with Crippen molar-refractivity contribution in [2.24, 2.45) is 7.05 Å². The number of amides is 1. The summed E-state index contributed by atoms with van der Waals surface area (Å²) >= 11 is 0. The van der Waals surface area contributed by atoms with Gasteiger partial charge in [-0.15, -0.1) is 0 Å². The van der Waals surface area contributed by atoms with Crippen LogP contribution in [0.25, 0.3) is 22.2 Å². The van der Waals surface area contributed by atoms with Gasteiger partial charge in [-0.3, -0.25) is 14.6 Å². The Labute approximate surface area is 207 Å². The number of hydrogen-bond acceptors (Lipinski definition) is 6. The van der Waals surface area contributed by atoms with Crippen molar-refractivity contribution in [3.8, 4) is 11.3 Å². The minimum atomic E-state index is -0.366. The van der Waals surface area contributed by atoms with Crippen LogP contribution in [-0.2, 0) is 13.5 Å². The van der Waals surface area contributed by atoms with Crippen LogP contribution in [0.1, 0.15) is 52.4 Å². The minimum Gasteiger partial charge on any atom is -0.373 e. The molecular weight excluding hydrogens is 454 g/mol. The van der Waals surface area contributed by atoms with E-state index in [9.17, 15) is 4.79 Å². The highest BCUT2D eigenvalue weighted by molar-refractivity contribution is 5.93. The van der Waals surface area contributed by atoms with Gasteiger partial charge in [0.1, 0.15) is 17.3 Å². The Morgan fingerprint density at radius 2 is 2.08 bits per heavy atom. The lowest BCUT2D eigenvalue weighted by Crippen LogP contribution is -2.31. The van der Waals surface area contributed by atoms with Gasteiger partial charge in [0.15, 0.2) is 0 Å². The predicted molar refractivity (Wildman–Crippen MR) is 137 cm³/mol. The van der Waals surface area contributed by atoms with Crippen LogP contribution in [0.5, 0.6) is 0 Å². The number of aromatic nitrogens is 7. The van der Waals surface area contributed by atoms with Gasteiger partial charge in [-0.2, -0.15) is 10.2 Å². The van der Waals surface area contributed by atoms with Gasteiger partial charge in [0.25, 0.3) is 5.91 Å². The molecule has 0 radical (unpaired) electrons. The Balaban J connectivity index is 1.33. The number of rotatable bonds is 8. The van der Waals surface area contributed by atoms with Gasteiger partial charge in [-0.05, 0) is 30.5 Å². The summed E-state index contributed by atoms with van der Waals surface area (Å²) < 4.78 is 1.70. The normalized spacial score (nSPS) is 14.2. The standard InChI is InChI=1S/C26H27N9O/c1-27-24-11-22(30-25(32-24)15-7-8-15)21(9-16-12-28-19-6-4-3-5-18(16)19)31-26(36)23-10-20(33-34-23)17-13-29-35(2)14-17/h3-6,10-15,21,28H,7-9H2,1-2H3,(H,31,36)(H,33,34)(H,27,30,32)/t21-/m1/s1. The molecule has 10 nitrogen and oxygen atoms in total. The third-order valence-corrected chi connectivity index (χ3v) is 6.55. The number of H-pyrrole nitrogens is 2. The molecule has 0 aliphatic heterocycles. The number of carbonyl (C=O) groups is 1. The van der Waals surface area contributed by atoms with Crippen molar-refractivity contribution < 1.29 is 4.79 Å². The van der Waals surface area contributed by atoms with Crippen molar-refractivity contribution in [1.82, 2.24) is 40.2 Å². The monoisotopic (exact) mass is 481 g/mol. The van der Waals surface area contributed by atoms with Crippen molar-refractivity contribution in [3.63, 3.8) is 0 Å². The zero-order valence-electron chi connectivity index (χ0n) is 20.1. The van der Waals surface area contributed by atoms with Gasteiger partial charge in [-0.1, -0.05) is 18.2 Å². The minimum absolute atomic E-state index is 0.250. The smallest absolute Gasteiger partial charge is 0.269 e. The Hall–Kier alpha value is -4.47. The highest BCUT2D eigenvalue weighted by Gasteiger charge is 2.29. The molecule has 6 rings (SSSR count). The lowest BCUT2D eigenvalue weighted by molar-refractivity contribution is 0.0930. The number of benzene rings is 1. The molecular formula is C26H27N9O. The van der Waals surface area contributed by atoms with Crippen LogP contribution in [0, 0.1) is 0 Å². The van der Waals surface area contributed by atoms with Crippen molar-refractivity contribution in [2.75, 3.05) is 12.4 Å². The molecule has 10 heteroatoms. The number of aromatic amines is 2. The van der Waals surface area contributed by atoms with E-state index >= 15 is 0 Å². The number of nitrogens with one attached hydrogen (secondary N) is 4. The summed E-state index contributed by atoms with van der Waals surface area (Å²) in [6.07, 6.45) is 8.34. The number of para-hydroxylation sites is 1. The molecule has 0 spiro atoms. The topological polar surface area (TPSA) is 129 Å². The van der Waals surface area contributed by atoms with Crippen LogP contribution in [0.15, 0.2) is 55.0 Å². The van der Waals surface area contributed by atoms with Crippen molar-refractivity contribution >= 4 is 22.6 Å². The van der Waals surface area contributed by atoms with E-state index < -0.39 is 0 Å². The molecule has 1 aliphatic rings. The first kappa shape index (κ1) is 22.0. The fourth-order valence-corrected chi connectivity index (χ4v) is 4.44. The fourth-order valence-electron chi connectivity index (χ4n) is 4.44. The number of nitrogens with zero attached hydrogens (tertiary/aromatic N) is 5. The molecule has 4 aromatic heterocycles. The Morgan fingerprint density at radius 3 is 2.86 bits per heavy atom. The highest BCUT2D eigenvalue weighted by atomic mass is 16.2. The second kappa shape index (κ2) is 8.95. The van der Waals surface area contributed by atoms with E-state index in [0.29, 0.717) is 23.7 Å². The Kier molecular flexibility index (Phi) is 5.48. The molecule has 1 amide bonds. The number of hydrogen-bond donors (Lipinski definition) is 4. The molecule has 182 valence electrons. The second-order valence-corrected chi connectivity index (χ2v) is 9.22. The maximum absolute atomic E-state index is 13.4. The third-order valence-electron chi connectivity index (χ3n) is 6.55. The largest absolute Gasteiger partial charge is 0.373 e. The summed E-state index contributed by atoms with van der Waals surface area (Å²) in [7, 11) is 3.69. The maximum Gasteiger partial charge on any atom is 0.269 e. The van der Waals surface area contributed by atoms with E-state index in [0.717, 1.165) is 52.2 Å². The Morgan fingerprint density at radius 1 is 1.22 bits per heavy atom. The summed E-state index contributed by atoms with van der Waals surface area (Å²) in [5, 5.41) is 18.8. The molecule has 36 heavy (non-hydrogen) atoms. The first-order valence-electron chi connectivity index (χ1n) is 12.0. The number of anilines is 1. The summed E-state index contributed by atoms with van der Waals surface area (Å²) in [6, 6.07) is 11.5. The number of fused-ring (bicyclic) bond motifs is 1. The molecule has 0 bridgehead atoms. The first-order chi connectivity index (χ1) is 17.6. The third kappa shape index (κ3) is 4.33. The van der Waals surface area contributed by atoms with Gasteiger partial charge < -0.3 is 15.6 Å². The molecule has 4 heterocycles. The van der Waals surface area contributed by atoms with Gasteiger partial charge in [-0.25, -0.2) is 9.97 Å².